The molecule has 0 spiro atoms. The van der Waals surface area contributed by atoms with Crippen molar-refractivity contribution in [3.8, 4) is 0 Å². The van der Waals surface area contributed by atoms with Crippen molar-refractivity contribution in [3.05, 3.63) is 0 Å². The van der Waals surface area contributed by atoms with Crippen LogP contribution in [-0.4, -0.2) is 37.2 Å². The quantitative estimate of drug-likeness (QED) is 0.0351. The zero-order valence-electron chi connectivity index (χ0n) is 36.0. The molecule has 6 heteroatoms. The topological polar surface area (TPSA) is 78.9 Å². The molecule has 6 nitrogen and oxygen atoms in total. The van der Waals surface area contributed by atoms with Gasteiger partial charge in [-0.15, -0.1) is 0 Å². The fraction of sp³-hybridized carbons (Fsp3) is 0.936. The molecule has 0 unspecified atom stereocenters. The molecule has 0 saturated carbocycles. The van der Waals surface area contributed by atoms with Crippen molar-refractivity contribution < 1.29 is 28.6 Å². The van der Waals surface area contributed by atoms with Crippen molar-refractivity contribution >= 4 is 17.9 Å². The van der Waals surface area contributed by atoms with Gasteiger partial charge in [0.25, 0.3) is 0 Å². The van der Waals surface area contributed by atoms with Crippen LogP contribution in [0.25, 0.3) is 0 Å². The molecule has 0 aliphatic heterocycles. The Labute approximate surface area is 329 Å². The van der Waals surface area contributed by atoms with Crippen molar-refractivity contribution in [3.63, 3.8) is 0 Å². The summed E-state index contributed by atoms with van der Waals surface area (Å²) in [6.45, 7) is 8.97. The molecule has 314 valence electrons. The summed E-state index contributed by atoms with van der Waals surface area (Å²) >= 11 is 0. The SMILES string of the molecule is CCCCCCCCCCCCCCCC(=O)O[C@H](COC(=O)CCCCCCCCCCC)COC(=O)CCCCCCCCCCCCC(C)C. The number of rotatable bonds is 42. The molecule has 0 aromatic rings. The molecule has 0 aliphatic rings. The predicted octanol–water partition coefficient (Wildman–Crippen LogP) is 14.7. The molecule has 1 atom stereocenters. The first kappa shape index (κ1) is 51.4. The number of carbonyl (C=O) groups excluding carboxylic acids is 3. The fourth-order valence-electron chi connectivity index (χ4n) is 6.98. The Kier molecular flexibility index (Phi) is 40.3. The van der Waals surface area contributed by atoms with Crippen molar-refractivity contribution in [2.24, 2.45) is 5.92 Å². The number of esters is 3. The van der Waals surface area contributed by atoms with E-state index in [0.29, 0.717) is 19.3 Å². The lowest BCUT2D eigenvalue weighted by Gasteiger charge is -2.18. The van der Waals surface area contributed by atoms with E-state index in [1.807, 2.05) is 0 Å². The van der Waals surface area contributed by atoms with Crippen molar-refractivity contribution in [1.82, 2.24) is 0 Å². The third kappa shape index (κ3) is 41.4. The minimum atomic E-state index is -0.758. The van der Waals surface area contributed by atoms with Gasteiger partial charge in [-0.2, -0.15) is 0 Å². The van der Waals surface area contributed by atoms with Gasteiger partial charge in [0.2, 0.25) is 0 Å². The summed E-state index contributed by atoms with van der Waals surface area (Å²) in [6.07, 6.45) is 40.8. The number of ether oxygens (including phenoxy) is 3. The van der Waals surface area contributed by atoms with E-state index >= 15 is 0 Å². The monoisotopic (exact) mass is 751 g/mol. The van der Waals surface area contributed by atoms with Crippen molar-refractivity contribution in [1.29, 1.82) is 0 Å². The van der Waals surface area contributed by atoms with Gasteiger partial charge in [0.15, 0.2) is 6.10 Å². The highest BCUT2D eigenvalue weighted by Gasteiger charge is 2.19. The molecule has 0 aliphatic carbocycles. The summed E-state index contributed by atoms with van der Waals surface area (Å²) in [5.74, 6) is -0.0359. The first-order chi connectivity index (χ1) is 25.9. The second kappa shape index (κ2) is 41.6. The molecule has 0 saturated heterocycles. The summed E-state index contributed by atoms with van der Waals surface area (Å²) in [5.41, 5.74) is 0. The van der Waals surface area contributed by atoms with E-state index in [2.05, 4.69) is 27.7 Å². The highest BCUT2D eigenvalue weighted by molar-refractivity contribution is 5.71. The Morgan fingerprint density at radius 3 is 0.925 bits per heavy atom. The van der Waals surface area contributed by atoms with Gasteiger partial charge in [-0.3, -0.25) is 14.4 Å². The predicted molar refractivity (Wildman–Crippen MR) is 224 cm³/mol. The van der Waals surface area contributed by atoms with Crippen LogP contribution >= 0.6 is 0 Å². The molecule has 0 aromatic heterocycles. The standard InChI is InChI=1S/C47H90O6/c1-5-7-9-11-13-15-16-17-18-24-28-32-36-40-47(50)53-44(41-51-45(48)38-34-30-26-21-14-12-10-8-6-2)42-52-46(49)39-35-31-27-23-20-19-22-25-29-33-37-43(3)4/h43-44H,5-42H2,1-4H3/t44-/m1/s1. The van der Waals surface area contributed by atoms with Gasteiger partial charge in [-0.25, -0.2) is 0 Å². The molecule has 0 radical (unpaired) electrons. The van der Waals surface area contributed by atoms with Crippen LogP contribution in [0.1, 0.15) is 259 Å². The highest BCUT2D eigenvalue weighted by Crippen LogP contribution is 2.16. The first-order valence-corrected chi connectivity index (χ1v) is 23.4. The minimum absolute atomic E-state index is 0.0638. The van der Waals surface area contributed by atoms with Gasteiger partial charge in [-0.1, -0.05) is 220 Å². The normalized spacial score (nSPS) is 11.9. The Balaban J connectivity index is 4.31. The first-order valence-electron chi connectivity index (χ1n) is 23.4. The molecular weight excluding hydrogens is 661 g/mol. The van der Waals surface area contributed by atoms with E-state index in [1.54, 1.807) is 0 Å². The molecular formula is C47H90O6. The minimum Gasteiger partial charge on any atom is -0.462 e. The van der Waals surface area contributed by atoms with Crippen LogP contribution in [0.4, 0.5) is 0 Å². The largest absolute Gasteiger partial charge is 0.462 e. The number of carbonyl (C=O) groups is 3. The zero-order valence-corrected chi connectivity index (χ0v) is 36.0. The smallest absolute Gasteiger partial charge is 0.306 e. The van der Waals surface area contributed by atoms with Crippen LogP contribution in [-0.2, 0) is 28.6 Å². The summed E-state index contributed by atoms with van der Waals surface area (Å²) in [7, 11) is 0. The number of hydrogen-bond donors (Lipinski definition) is 0. The van der Waals surface area contributed by atoms with Gasteiger partial charge in [0.05, 0.1) is 0 Å². The van der Waals surface area contributed by atoms with Gasteiger partial charge < -0.3 is 14.2 Å². The molecule has 53 heavy (non-hydrogen) atoms. The Bertz CT molecular complexity index is 796. The summed E-state index contributed by atoms with van der Waals surface area (Å²) in [4.78, 5) is 37.7. The van der Waals surface area contributed by atoms with Gasteiger partial charge in [0, 0.05) is 19.3 Å². The maximum Gasteiger partial charge on any atom is 0.306 e. The third-order valence-electron chi connectivity index (χ3n) is 10.5. The second-order valence-corrected chi connectivity index (χ2v) is 16.5. The summed E-state index contributed by atoms with van der Waals surface area (Å²) in [6, 6.07) is 0. The van der Waals surface area contributed by atoms with Crippen LogP contribution < -0.4 is 0 Å². The van der Waals surface area contributed by atoms with Crippen LogP contribution in [0.2, 0.25) is 0 Å². The van der Waals surface area contributed by atoms with Gasteiger partial charge in [0.1, 0.15) is 13.2 Å². The number of unbranched alkanes of at least 4 members (excludes halogenated alkanes) is 29. The van der Waals surface area contributed by atoms with Crippen LogP contribution in [0.15, 0.2) is 0 Å². The van der Waals surface area contributed by atoms with Gasteiger partial charge in [-0.05, 0) is 25.2 Å². The lowest BCUT2D eigenvalue weighted by atomic mass is 10.0. The Morgan fingerprint density at radius 1 is 0.358 bits per heavy atom. The fourth-order valence-corrected chi connectivity index (χ4v) is 6.98. The second-order valence-electron chi connectivity index (χ2n) is 16.5. The highest BCUT2D eigenvalue weighted by atomic mass is 16.6. The molecule has 0 N–H and O–H groups in total. The lowest BCUT2D eigenvalue weighted by Crippen LogP contribution is -2.30. The van der Waals surface area contributed by atoms with E-state index in [0.717, 1.165) is 63.7 Å². The van der Waals surface area contributed by atoms with Gasteiger partial charge >= 0.3 is 17.9 Å². The molecule has 0 fully saturated rings. The molecule has 0 amide bonds. The van der Waals surface area contributed by atoms with Crippen molar-refractivity contribution in [2.45, 2.75) is 265 Å². The third-order valence-corrected chi connectivity index (χ3v) is 10.5. The maximum atomic E-state index is 12.7. The van der Waals surface area contributed by atoms with E-state index in [1.165, 1.54) is 154 Å². The van der Waals surface area contributed by atoms with Crippen LogP contribution in [0.5, 0.6) is 0 Å². The van der Waals surface area contributed by atoms with E-state index in [9.17, 15) is 14.4 Å². The van der Waals surface area contributed by atoms with E-state index in [4.69, 9.17) is 14.2 Å². The molecule has 0 heterocycles. The molecule has 0 aromatic carbocycles. The summed E-state index contributed by atoms with van der Waals surface area (Å²) < 4.78 is 16.7. The Hall–Kier alpha value is -1.59. The zero-order chi connectivity index (χ0) is 38.9. The van der Waals surface area contributed by atoms with E-state index in [-0.39, 0.29) is 31.1 Å². The van der Waals surface area contributed by atoms with E-state index < -0.39 is 6.10 Å². The summed E-state index contributed by atoms with van der Waals surface area (Å²) in [5, 5.41) is 0. The molecule has 0 bridgehead atoms. The number of hydrogen-bond acceptors (Lipinski definition) is 6. The van der Waals surface area contributed by atoms with Crippen LogP contribution in [0, 0.1) is 5.92 Å². The Morgan fingerprint density at radius 2 is 0.623 bits per heavy atom. The van der Waals surface area contributed by atoms with Crippen LogP contribution in [0.3, 0.4) is 0 Å². The average Bonchev–Trinajstić information content (AvgIpc) is 3.14. The van der Waals surface area contributed by atoms with Crippen molar-refractivity contribution in [2.75, 3.05) is 13.2 Å². The molecule has 0 rings (SSSR count). The average molecular weight is 751 g/mol. The lowest BCUT2D eigenvalue weighted by molar-refractivity contribution is -0.167. The maximum absolute atomic E-state index is 12.7.